The van der Waals surface area contributed by atoms with Crippen molar-refractivity contribution < 1.29 is 9.59 Å². The first-order chi connectivity index (χ1) is 11.6. The van der Waals surface area contributed by atoms with Crippen LogP contribution in [-0.4, -0.2) is 58.0 Å². The number of carbonyl (C=O) groups excluding carboxylic acids is 2. The van der Waals surface area contributed by atoms with Gasteiger partial charge in [0, 0.05) is 31.7 Å². The highest BCUT2D eigenvalue weighted by Crippen LogP contribution is 2.22. The number of amides is 2. The average Bonchev–Trinajstić information content (AvgIpc) is 2.86. The molecule has 0 bridgehead atoms. The van der Waals surface area contributed by atoms with Gasteiger partial charge in [0.05, 0.1) is 12.7 Å². The van der Waals surface area contributed by atoms with E-state index < -0.39 is 0 Å². The maximum Gasteiger partial charge on any atom is 0.242 e. The minimum atomic E-state index is 0.108. The summed E-state index contributed by atoms with van der Waals surface area (Å²) in [5, 5.41) is 7.16. The number of piperidine rings is 1. The lowest BCUT2D eigenvalue weighted by atomic mass is 9.92. The summed E-state index contributed by atoms with van der Waals surface area (Å²) in [4.78, 5) is 28.5. The van der Waals surface area contributed by atoms with Crippen molar-refractivity contribution in [2.45, 2.75) is 51.9 Å². The van der Waals surface area contributed by atoms with E-state index in [1.54, 1.807) is 4.90 Å². The summed E-state index contributed by atoms with van der Waals surface area (Å²) in [6, 6.07) is 0. The maximum absolute atomic E-state index is 12.7. The molecule has 2 aliphatic rings. The molecule has 3 rings (SSSR count). The quantitative estimate of drug-likeness (QED) is 0.915. The van der Waals surface area contributed by atoms with Crippen LogP contribution >= 0.6 is 0 Å². The Morgan fingerprint density at radius 2 is 2.17 bits per heavy atom. The van der Waals surface area contributed by atoms with Gasteiger partial charge in [0.15, 0.2) is 0 Å². The zero-order chi connectivity index (χ0) is 16.9. The molecule has 6 heteroatoms. The fraction of sp³-hybridized carbons (Fsp3) is 0.722. The Morgan fingerprint density at radius 3 is 2.96 bits per heavy atom. The number of carbonyl (C=O) groups is 2. The fourth-order valence-corrected chi connectivity index (χ4v) is 3.80. The lowest BCUT2D eigenvalue weighted by Gasteiger charge is -2.34. The van der Waals surface area contributed by atoms with Gasteiger partial charge < -0.3 is 9.80 Å². The molecule has 132 valence electrons. The summed E-state index contributed by atoms with van der Waals surface area (Å²) in [6.45, 7) is 4.66. The van der Waals surface area contributed by atoms with E-state index in [1.807, 2.05) is 11.1 Å². The Hall–Kier alpha value is -1.85. The van der Waals surface area contributed by atoms with Gasteiger partial charge in [0.2, 0.25) is 11.8 Å². The SMILES string of the molecule is Cc1cn[nH]c1CC1CCCN(C(=O)CN2CCCCCC2=O)C1. The Bertz CT molecular complexity index is 583. The summed E-state index contributed by atoms with van der Waals surface area (Å²) < 4.78 is 0. The predicted octanol–water partition coefficient (Wildman–Crippen LogP) is 1.90. The number of nitrogens with one attached hydrogen (secondary N) is 1. The molecule has 1 unspecified atom stereocenters. The number of rotatable bonds is 4. The number of hydrogen-bond donors (Lipinski definition) is 1. The van der Waals surface area contributed by atoms with E-state index in [-0.39, 0.29) is 18.4 Å². The van der Waals surface area contributed by atoms with Crippen LogP contribution in [0.3, 0.4) is 0 Å². The molecule has 0 radical (unpaired) electrons. The number of likely N-dealkylation sites (tertiary alicyclic amines) is 2. The van der Waals surface area contributed by atoms with Gasteiger partial charge in [-0.1, -0.05) is 6.42 Å². The first-order valence-corrected chi connectivity index (χ1v) is 9.18. The largest absolute Gasteiger partial charge is 0.341 e. The van der Waals surface area contributed by atoms with Crippen LogP contribution < -0.4 is 0 Å². The van der Waals surface area contributed by atoms with Crippen molar-refractivity contribution in [1.82, 2.24) is 20.0 Å². The summed E-state index contributed by atoms with van der Waals surface area (Å²) >= 11 is 0. The van der Waals surface area contributed by atoms with E-state index in [2.05, 4.69) is 17.1 Å². The molecule has 1 N–H and O–H groups in total. The predicted molar refractivity (Wildman–Crippen MR) is 91.4 cm³/mol. The average molecular weight is 332 g/mol. The van der Waals surface area contributed by atoms with Crippen LogP contribution in [0.25, 0.3) is 0 Å². The minimum Gasteiger partial charge on any atom is -0.341 e. The molecule has 0 aliphatic carbocycles. The molecule has 2 aliphatic heterocycles. The van der Waals surface area contributed by atoms with Crippen molar-refractivity contribution >= 4 is 11.8 Å². The van der Waals surface area contributed by atoms with Crippen LogP contribution in [0.2, 0.25) is 0 Å². The lowest BCUT2D eigenvalue weighted by molar-refractivity contribution is -0.141. The molecular weight excluding hydrogens is 304 g/mol. The van der Waals surface area contributed by atoms with Gasteiger partial charge in [0.1, 0.15) is 0 Å². The monoisotopic (exact) mass is 332 g/mol. The number of nitrogens with zero attached hydrogens (tertiary/aromatic N) is 3. The molecular formula is C18H28N4O2. The van der Waals surface area contributed by atoms with Crippen molar-refractivity contribution in [2.75, 3.05) is 26.2 Å². The highest BCUT2D eigenvalue weighted by molar-refractivity contribution is 5.85. The van der Waals surface area contributed by atoms with E-state index >= 15 is 0 Å². The molecule has 1 atom stereocenters. The smallest absolute Gasteiger partial charge is 0.242 e. The van der Waals surface area contributed by atoms with E-state index in [9.17, 15) is 9.59 Å². The molecule has 3 heterocycles. The number of aryl methyl sites for hydroxylation is 1. The van der Waals surface area contributed by atoms with Crippen LogP contribution in [-0.2, 0) is 16.0 Å². The molecule has 2 fully saturated rings. The van der Waals surface area contributed by atoms with Crippen molar-refractivity contribution in [3.8, 4) is 0 Å². The lowest BCUT2D eigenvalue weighted by Crippen LogP contribution is -2.46. The highest BCUT2D eigenvalue weighted by atomic mass is 16.2. The molecule has 0 spiro atoms. The van der Waals surface area contributed by atoms with Gasteiger partial charge in [-0.05, 0) is 50.5 Å². The Morgan fingerprint density at radius 1 is 1.29 bits per heavy atom. The first-order valence-electron chi connectivity index (χ1n) is 9.18. The number of hydrogen-bond acceptors (Lipinski definition) is 3. The Labute approximate surface area is 143 Å². The maximum atomic E-state index is 12.7. The van der Waals surface area contributed by atoms with Gasteiger partial charge in [-0.25, -0.2) is 0 Å². The fourth-order valence-electron chi connectivity index (χ4n) is 3.80. The highest BCUT2D eigenvalue weighted by Gasteiger charge is 2.27. The number of H-pyrrole nitrogens is 1. The van der Waals surface area contributed by atoms with Crippen molar-refractivity contribution in [2.24, 2.45) is 5.92 Å². The van der Waals surface area contributed by atoms with E-state index in [0.717, 1.165) is 58.2 Å². The third-order valence-electron chi connectivity index (χ3n) is 5.30. The second kappa shape index (κ2) is 7.81. The van der Waals surface area contributed by atoms with E-state index in [0.29, 0.717) is 12.3 Å². The summed E-state index contributed by atoms with van der Waals surface area (Å²) in [5.41, 5.74) is 2.37. The van der Waals surface area contributed by atoms with Gasteiger partial charge >= 0.3 is 0 Å². The van der Waals surface area contributed by atoms with Crippen LogP contribution in [0, 0.1) is 12.8 Å². The first kappa shape index (κ1) is 17.0. The standard InChI is InChI=1S/C18H28N4O2/c1-14-11-19-20-16(14)10-15-6-5-9-21(12-15)18(24)13-22-8-4-2-3-7-17(22)23/h11,15H,2-10,12-13H2,1H3,(H,19,20). The van der Waals surface area contributed by atoms with Crippen molar-refractivity contribution in [3.63, 3.8) is 0 Å². The van der Waals surface area contributed by atoms with E-state index in [1.165, 1.54) is 11.3 Å². The molecule has 6 nitrogen and oxygen atoms in total. The zero-order valence-corrected chi connectivity index (χ0v) is 14.6. The topological polar surface area (TPSA) is 69.3 Å². The van der Waals surface area contributed by atoms with Gasteiger partial charge in [-0.2, -0.15) is 5.10 Å². The van der Waals surface area contributed by atoms with Crippen LogP contribution in [0.1, 0.15) is 49.8 Å². The Kier molecular flexibility index (Phi) is 5.53. The van der Waals surface area contributed by atoms with Crippen LogP contribution in [0.4, 0.5) is 0 Å². The van der Waals surface area contributed by atoms with Crippen LogP contribution in [0.15, 0.2) is 6.20 Å². The Balaban J connectivity index is 1.54. The minimum absolute atomic E-state index is 0.108. The molecule has 24 heavy (non-hydrogen) atoms. The van der Waals surface area contributed by atoms with Crippen molar-refractivity contribution in [1.29, 1.82) is 0 Å². The van der Waals surface area contributed by atoms with Crippen molar-refractivity contribution in [3.05, 3.63) is 17.5 Å². The second-order valence-corrected chi connectivity index (χ2v) is 7.21. The summed E-state index contributed by atoms with van der Waals surface area (Å²) in [6.07, 6.45) is 8.63. The third-order valence-corrected chi connectivity index (χ3v) is 5.30. The third kappa shape index (κ3) is 4.16. The zero-order valence-electron chi connectivity index (χ0n) is 14.6. The number of aromatic amines is 1. The van der Waals surface area contributed by atoms with Gasteiger partial charge in [0.25, 0.3) is 0 Å². The normalized spacial score (nSPS) is 22.5. The van der Waals surface area contributed by atoms with Gasteiger partial charge in [-0.15, -0.1) is 0 Å². The van der Waals surface area contributed by atoms with E-state index in [4.69, 9.17) is 0 Å². The summed E-state index contributed by atoms with van der Waals surface area (Å²) in [7, 11) is 0. The molecule has 1 aromatic heterocycles. The molecule has 1 aromatic rings. The molecule has 0 saturated carbocycles. The number of aromatic nitrogens is 2. The molecule has 0 aromatic carbocycles. The molecule has 2 amide bonds. The molecule has 2 saturated heterocycles. The summed E-state index contributed by atoms with van der Waals surface area (Å²) in [5.74, 6) is 0.723. The second-order valence-electron chi connectivity index (χ2n) is 7.21. The van der Waals surface area contributed by atoms with Gasteiger partial charge in [-0.3, -0.25) is 14.7 Å². The van der Waals surface area contributed by atoms with Crippen LogP contribution in [0.5, 0.6) is 0 Å².